The molecule has 1 fully saturated rings. The maximum atomic E-state index is 6.12. The number of hydrogen-bond acceptors (Lipinski definition) is 2. The van der Waals surface area contributed by atoms with Crippen molar-refractivity contribution in [2.45, 2.75) is 44.0 Å². The normalized spacial score (nSPS) is 23.7. The van der Waals surface area contributed by atoms with Crippen LogP contribution >= 0.6 is 15.9 Å². The monoisotopic (exact) mass is 312 g/mol. The van der Waals surface area contributed by atoms with Crippen molar-refractivity contribution in [2.75, 3.05) is 7.11 Å². The van der Waals surface area contributed by atoms with E-state index in [-0.39, 0.29) is 0 Å². The Morgan fingerprint density at radius 3 is 2.50 bits per heavy atom. The summed E-state index contributed by atoms with van der Waals surface area (Å²) in [7, 11) is 1.69. The smallest absolute Gasteiger partial charge is 0.161 e. The molecule has 0 radical (unpaired) electrons. The van der Waals surface area contributed by atoms with Gasteiger partial charge in [-0.1, -0.05) is 28.9 Å². The zero-order valence-corrected chi connectivity index (χ0v) is 12.7. The van der Waals surface area contributed by atoms with E-state index < -0.39 is 0 Å². The van der Waals surface area contributed by atoms with Crippen LogP contribution in [0.4, 0.5) is 0 Å². The summed E-state index contributed by atoms with van der Waals surface area (Å²) in [6.07, 6.45) is 5.20. The van der Waals surface area contributed by atoms with Crippen molar-refractivity contribution < 1.29 is 9.47 Å². The van der Waals surface area contributed by atoms with E-state index >= 15 is 0 Å². The van der Waals surface area contributed by atoms with E-state index in [1.807, 2.05) is 6.07 Å². The largest absolute Gasteiger partial charge is 0.493 e. The van der Waals surface area contributed by atoms with Gasteiger partial charge in [-0.05, 0) is 49.3 Å². The Morgan fingerprint density at radius 1 is 1.17 bits per heavy atom. The van der Waals surface area contributed by atoms with Crippen LogP contribution in [0.2, 0.25) is 0 Å². The van der Waals surface area contributed by atoms with Crippen molar-refractivity contribution in [3.8, 4) is 11.5 Å². The Bertz CT molecular complexity index is 384. The van der Waals surface area contributed by atoms with Gasteiger partial charge in [0, 0.05) is 5.33 Å². The summed E-state index contributed by atoms with van der Waals surface area (Å²) in [4.78, 5) is 0. The van der Waals surface area contributed by atoms with Crippen LogP contribution in [0.15, 0.2) is 18.2 Å². The van der Waals surface area contributed by atoms with Gasteiger partial charge in [-0.25, -0.2) is 0 Å². The number of ether oxygens (including phenoxy) is 2. The number of halogens is 1. The molecule has 0 amide bonds. The van der Waals surface area contributed by atoms with E-state index in [0.29, 0.717) is 6.10 Å². The summed E-state index contributed by atoms with van der Waals surface area (Å²) in [5, 5.41) is 0.842. The maximum absolute atomic E-state index is 6.12. The van der Waals surface area contributed by atoms with Gasteiger partial charge in [0.25, 0.3) is 0 Å². The first-order valence-corrected chi connectivity index (χ1v) is 7.74. The molecule has 0 atom stereocenters. The minimum atomic E-state index is 0.348. The molecule has 0 spiro atoms. The topological polar surface area (TPSA) is 18.5 Å². The first-order valence-electron chi connectivity index (χ1n) is 6.62. The number of hydrogen-bond donors (Lipinski definition) is 0. The van der Waals surface area contributed by atoms with Gasteiger partial charge in [0.15, 0.2) is 11.5 Å². The molecule has 0 aliphatic heterocycles. The molecule has 0 heterocycles. The van der Waals surface area contributed by atoms with Crippen LogP contribution in [0.1, 0.15) is 38.2 Å². The molecule has 100 valence electrons. The average Bonchev–Trinajstić information content (AvgIpc) is 2.41. The highest BCUT2D eigenvalue weighted by Gasteiger charge is 2.20. The lowest BCUT2D eigenvalue weighted by atomic mass is 9.89. The van der Waals surface area contributed by atoms with Gasteiger partial charge in [0.2, 0.25) is 0 Å². The van der Waals surface area contributed by atoms with E-state index in [4.69, 9.17) is 9.47 Å². The molecule has 0 unspecified atom stereocenters. The van der Waals surface area contributed by atoms with Gasteiger partial charge >= 0.3 is 0 Å². The molecule has 1 saturated carbocycles. The fourth-order valence-electron chi connectivity index (χ4n) is 2.42. The van der Waals surface area contributed by atoms with Gasteiger partial charge in [0.1, 0.15) is 0 Å². The summed E-state index contributed by atoms with van der Waals surface area (Å²) in [5.74, 6) is 2.56. The minimum Gasteiger partial charge on any atom is -0.493 e. The van der Waals surface area contributed by atoms with Crippen LogP contribution in [0.25, 0.3) is 0 Å². The molecule has 0 saturated heterocycles. The Morgan fingerprint density at radius 2 is 1.89 bits per heavy atom. The van der Waals surface area contributed by atoms with E-state index in [0.717, 1.165) is 35.6 Å². The van der Waals surface area contributed by atoms with Crippen molar-refractivity contribution in [3.63, 3.8) is 0 Å². The predicted octanol–water partition coefficient (Wildman–Crippen LogP) is 4.55. The summed E-state index contributed by atoms with van der Waals surface area (Å²) < 4.78 is 11.5. The number of methoxy groups -OCH3 is 1. The Kier molecular flexibility index (Phi) is 4.93. The lowest BCUT2D eigenvalue weighted by Crippen LogP contribution is -2.23. The predicted molar refractivity (Wildman–Crippen MR) is 77.7 cm³/mol. The highest BCUT2D eigenvalue weighted by Crippen LogP contribution is 2.33. The Labute approximate surface area is 118 Å². The maximum Gasteiger partial charge on any atom is 0.161 e. The second-order valence-corrected chi connectivity index (χ2v) is 5.68. The lowest BCUT2D eigenvalue weighted by Gasteiger charge is -2.27. The van der Waals surface area contributed by atoms with E-state index in [2.05, 4.69) is 35.0 Å². The quantitative estimate of drug-likeness (QED) is 0.759. The van der Waals surface area contributed by atoms with Crippen molar-refractivity contribution in [1.82, 2.24) is 0 Å². The zero-order chi connectivity index (χ0) is 13.0. The molecule has 1 aliphatic carbocycles. The van der Waals surface area contributed by atoms with Crippen LogP contribution < -0.4 is 9.47 Å². The minimum absolute atomic E-state index is 0.348. The van der Waals surface area contributed by atoms with Gasteiger partial charge in [-0.3, -0.25) is 0 Å². The first-order chi connectivity index (χ1) is 8.72. The third-order valence-corrected chi connectivity index (χ3v) is 4.29. The van der Waals surface area contributed by atoms with Crippen molar-refractivity contribution in [3.05, 3.63) is 23.8 Å². The number of alkyl halides is 1. The van der Waals surface area contributed by atoms with Crippen LogP contribution in [-0.2, 0) is 5.33 Å². The molecule has 3 heteroatoms. The Balaban J connectivity index is 2.07. The molecule has 0 bridgehead atoms. The van der Waals surface area contributed by atoms with Crippen LogP contribution in [0.5, 0.6) is 11.5 Å². The van der Waals surface area contributed by atoms with Crippen molar-refractivity contribution in [2.24, 2.45) is 5.92 Å². The second-order valence-electron chi connectivity index (χ2n) is 5.12. The lowest BCUT2D eigenvalue weighted by molar-refractivity contribution is 0.131. The zero-order valence-electron chi connectivity index (χ0n) is 11.1. The standard InChI is InChI=1S/C15H21BrO2/c1-11-3-6-13(7-4-11)18-15-9-12(10-16)5-8-14(15)17-2/h5,8-9,11,13H,3-4,6-7,10H2,1-2H3. The van der Waals surface area contributed by atoms with E-state index in [9.17, 15) is 0 Å². The van der Waals surface area contributed by atoms with Crippen LogP contribution in [-0.4, -0.2) is 13.2 Å². The molecule has 18 heavy (non-hydrogen) atoms. The first kappa shape index (κ1) is 13.7. The van der Waals surface area contributed by atoms with Gasteiger partial charge in [-0.2, -0.15) is 0 Å². The SMILES string of the molecule is COc1ccc(CBr)cc1OC1CCC(C)CC1. The molecule has 1 aliphatic rings. The number of rotatable bonds is 4. The fourth-order valence-corrected chi connectivity index (χ4v) is 2.77. The molecule has 1 aromatic carbocycles. The summed E-state index contributed by atoms with van der Waals surface area (Å²) >= 11 is 3.47. The molecule has 2 nitrogen and oxygen atoms in total. The highest BCUT2D eigenvalue weighted by molar-refractivity contribution is 9.08. The fraction of sp³-hybridized carbons (Fsp3) is 0.600. The van der Waals surface area contributed by atoms with Crippen LogP contribution in [0, 0.1) is 5.92 Å². The number of benzene rings is 1. The molecular formula is C15H21BrO2. The van der Waals surface area contributed by atoms with Crippen molar-refractivity contribution >= 4 is 15.9 Å². The van der Waals surface area contributed by atoms with Gasteiger partial charge < -0.3 is 9.47 Å². The Hall–Kier alpha value is -0.700. The summed E-state index contributed by atoms with van der Waals surface area (Å²) in [5.41, 5.74) is 1.22. The van der Waals surface area contributed by atoms with E-state index in [1.165, 1.54) is 18.4 Å². The molecule has 1 aromatic rings. The highest BCUT2D eigenvalue weighted by atomic mass is 79.9. The second kappa shape index (κ2) is 6.46. The molecule has 2 rings (SSSR count). The van der Waals surface area contributed by atoms with E-state index in [1.54, 1.807) is 7.11 Å². The molecule has 0 aromatic heterocycles. The van der Waals surface area contributed by atoms with Crippen LogP contribution in [0.3, 0.4) is 0 Å². The third kappa shape index (κ3) is 3.41. The third-order valence-electron chi connectivity index (χ3n) is 3.64. The summed E-state index contributed by atoms with van der Waals surface area (Å²) in [6, 6.07) is 6.12. The van der Waals surface area contributed by atoms with Gasteiger partial charge in [-0.15, -0.1) is 0 Å². The van der Waals surface area contributed by atoms with Crippen molar-refractivity contribution in [1.29, 1.82) is 0 Å². The molecular weight excluding hydrogens is 292 g/mol. The average molecular weight is 313 g/mol. The van der Waals surface area contributed by atoms with Gasteiger partial charge in [0.05, 0.1) is 13.2 Å². The molecule has 0 N–H and O–H groups in total. The summed E-state index contributed by atoms with van der Waals surface area (Å²) in [6.45, 7) is 2.32.